The zero-order chi connectivity index (χ0) is 15.0. The number of thiophene rings is 1. The van der Waals surface area contributed by atoms with E-state index in [2.05, 4.69) is 44.2 Å². The summed E-state index contributed by atoms with van der Waals surface area (Å²) in [6.07, 6.45) is 0. The Bertz CT molecular complexity index is 816. The number of aromatic nitrogens is 2. The molecule has 0 saturated carbocycles. The molecule has 108 valence electrons. The summed E-state index contributed by atoms with van der Waals surface area (Å²) in [6.45, 7) is 4.87. The Hall–Kier alpha value is -1.53. The third-order valence-corrected chi connectivity index (χ3v) is 4.59. The van der Waals surface area contributed by atoms with E-state index >= 15 is 0 Å². The van der Waals surface area contributed by atoms with E-state index in [4.69, 9.17) is 0 Å². The van der Waals surface area contributed by atoms with Crippen molar-refractivity contribution in [3.63, 3.8) is 0 Å². The lowest BCUT2D eigenvalue weighted by Gasteiger charge is -2.07. The summed E-state index contributed by atoms with van der Waals surface area (Å²) in [5, 5.41) is 4.30. The van der Waals surface area contributed by atoms with Gasteiger partial charge in [0.1, 0.15) is 16.5 Å². The second kappa shape index (κ2) is 5.69. The fourth-order valence-electron chi connectivity index (χ4n) is 2.11. The van der Waals surface area contributed by atoms with Gasteiger partial charge in [0.05, 0.1) is 9.86 Å². The number of aryl methyl sites for hydroxylation is 1. The minimum absolute atomic E-state index is 0.293. The van der Waals surface area contributed by atoms with Gasteiger partial charge in [-0.05, 0) is 54.0 Å². The van der Waals surface area contributed by atoms with Gasteiger partial charge in [0, 0.05) is 17.0 Å². The molecule has 6 heteroatoms. The van der Waals surface area contributed by atoms with Gasteiger partial charge in [0.25, 0.3) is 0 Å². The second-order valence-electron chi connectivity index (χ2n) is 4.63. The Morgan fingerprint density at radius 3 is 2.81 bits per heavy atom. The SMILES string of the molecule is CCNc1nc(-c2ccc(F)c(Br)c2)nc2sc(C)cc12. The van der Waals surface area contributed by atoms with Gasteiger partial charge in [-0.25, -0.2) is 14.4 Å². The van der Waals surface area contributed by atoms with Crippen LogP contribution in [-0.2, 0) is 0 Å². The average Bonchev–Trinajstić information content (AvgIpc) is 2.82. The van der Waals surface area contributed by atoms with E-state index in [0.29, 0.717) is 10.3 Å². The third-order valence-electron chi connectivity index (χ3n) is 3.04. The first kappa shape index (κ1) is 14.4. The zero-order valence-electron chi connectivity index (χ0n) is 11.6. The topological polar surface area (TPSA) is 37.8 Å². The van der Waals surface area contributed by atoms with E-state index in [0.717, 1.165) is 28.1 Å². The Morgan fingerprint density at radius 2 is 2.10 bits per heavy atom. The van der Waals surface area contributed by atoms with Crippen molar-refractivity contribution >= 4 is 43.3 Å². The predicted octanol–water partition coefficient (Wildman–Crippen LogP) is 5.00. The highest BCUT2D eigenvalue weighted by Crippen LogP contribution is 2.31. The van der Waals surface area contributed by atoms with E-state index in [1.807, 2.05) is 6.92 Å². The molecule has 0 spiro atoms. The number of fused-ring (bicyclic) bond motifs is 1. The number of nitrogens with zero attached hydrogens (tertiary/aromatic N) is 2. The molecule has 0 atom stereocenters. The first-order valence-corrected chi connectivity index (χ1v) is 8.17. The molecule has 2 aromatic heterocycles. The fraction of sp³-hybridized carbons (Fsp3) is 0.200. The Balaban J connectivity index is 2.19. The molecule has 0 fully saturated rings. The van der Waals surface area contributed by atoms with Crippen molar-refractivity contribution in [2.24, 2.45) is 0 Å². The molecule has 2 heterocycles. The molecule has 1 aromatic carbocycles. The van der Waals surface area contributed by atoms with Crippen molar-refractivity contribution in [1.82, 2.24) is 9.97 Å². The monoisotopic (exact) mass is 365 g/mol. The van der Waals surface area contributed by atoms with Gasteiger partial charge in [-0.3, -0.25) is 0 Å². The number of benzene rings is 1. The van der Waals surface area contributed by atoms with Gasteiger partial charge >= 0.3 is 0 Å². The van der Waals surface area contributed by atoms with Crippen LogP contribution in [0.5, 0.6) is 0 Å². The van der Waals surface area contributed by atoms with E-state index in [9.17, 15) is 4.39 Å². The van der Waals surface area contributed by atoms with Gasteiger partial charge in [0.2, 0.25) is 0 Å². The van der Waals surface area contributed by atoms with Crippen molar-refractivity contribution in [2.45, 2.75) is 13.8 Å². The van der Waals surface area contributed by atoms with E-state index in [-0.39, 0.29) is 5.82 Å². The first-order chi connectivity index (χ1) is 10.1. The van der Waals surface area contributed by atoms with E-state index in [1.54, 1.807) is 23.5 Å². The summed E-state index contributed by atoms with van der Waals surface area (Å²) in [5.41, 5.74) is 0.787. The van der Waals surface area contributed by atoms with Crippen molar-refractivity contribution in [3.05, 3.63) is 39.4 Å². The average molecular weight is 366 g/mol. The van der Waals surface area contributed by atoms with Crippen LogP contribution in [-0.4, -0.2) is 16.5 Å². The molecular formula is C15H13BrFN3S. The van der Waals surface area contributed by atoms with Crippen molar-refractivity contribution < 1.29 is 4.39 Å². The minimum atomic E-state index is -0.293. The van der Waals surface area contributed by atoms with Gasteiger partial charge in [-0.15, -0.1) is 11.3 Å². The number of hydrogen-bond acceptors (Lipinski definition) is 4. The van der Waals surface area contributed by atoms with Crippen LogP contribution in [0.25, 0.3) is 21.6 Å². The van der Waals surface area contributed by atoms with Gasteiger partial charge in [0.15, 0.2) is 5.82 Å². The number of halogens is 2. The zero-order valence-corrected chi connectivity index (χ0v) is 14.0. The molecule has 0 saturated heterocycles. The number of rotatable bonds is 3. The number of anilines is 1. The highest BCUT2D eigenvalue weighted by atomic mass is 79.9. The molecule has 0 amide bonds. The Morgan fingerprint density at radius 1 is 1.29 bits per heavy atom. The molecule has 0 radical (unpaired) electrons. The summed E-state index contributed by atoms with van der Waals surface area (Å²) in [6, 6.07) is 6.89. The molecule has 0 aliphatic heterocycles. The molecule has 3 rings (SSSR count). The summed E-state index contributed by atoms with van der Waals surface area (Å²) in [7, 11) is 0. The summed E-state index contributed by atoms with van der Waals surface area (Å²) in [4.78, 5) is 11.3. The van der Waals surface area contributed by atoms with E-state index in [1.165, 1.54) is 10.9 Å². The van der Waals surface area contributed by atoms with Crippen LogP contribution >= 0.6 is 27.3 Å². The Kier molecular flexibility index (Phi) is 3.91. The maximum Gasteiger partial charge on any atom is 0.163 e. The maximum atomic E-state index is 13.4. The van der Waals surface area contributed by atoms with Crippen LogP contribution in [0.15, 0.2) is 28.7 Å². The molecule has 1 N–H and O–H groups in total. The normalized spacial score (nSPS) is 11.0. The van der Waals surface area contributed by atoms with Gasteiger partial charge in [-0.2, -0.15) is 0 Å². The molecule has 0 bridgehead atoms. The largest absolute Gasteiger partial charge is 0.370 e. The van der Waals surface area contributed by atoms with Crippen molar-refractivity contribution in [2.75, 3.05) is 11.9 Å². The van der Waals surface area contributed by atoms with Crippen LogP contribution in [0.4, 0.5) is 10.2 Å². The summed E-state index contributed by atoms with van der Waals surface area (Å²) in [5.74, 6) is 1.13. The first-order valence-electron chi connectivity index (χ1n) is 6.56. The quantitative estimate of drug-likeness (QED) is 0.709. The Labute approximate surface area is 134 Å². The van der Waals surface area contributed by atoms with Crippen LogP contribution in [0.1, 0.15) is 11.8 Å². The molecule has 0 aliphatic rings. The molecule has 0 unspecified atom stereocenters. The van der Waals surface area contributed by atoms with Crippen LogP contribution < -0.4 is 5.32 Å². The molecule has 3 aromatic rings. The predicted molar refractivity (Wildman–Crippen MR) is 89.4 cm³/mol. The van der Waals surface area contributed by atoms with Gasteiger partial charge < -0.3 is 5.32 Å². The van der Waals surface area contributed by atoms with Crippen LogP contribution in [0.3, 0.4) is 0 Å². The lowest BCUT2D eigenvalue weighted by atomic mass is 10.2. The van der Waals surface area contributed by atoms with Crippen LogP contribution in [0.2, 0.25) is 0 Å². The van der Waals surface area contributed by atoms with Crippen LogP contribution in [0, 0.1) is 12.7 Å². The second-order valence-corrected chi connectivity index (χ2v) is 6.72. The fourth-order valence-corrected chi connectivity index (χ4v) is 3.37. The molecular weight excluding hydrogens is 353 g/mol. The lowest BCUT2D eigenvalue weighted by molar-refractivity contribution is 0.621. The highest BCUT2D eigenvalue weighted by Gasteiger charge is 2.12. The molecule has 21 heavy (non-hydrogen) atoms. The standard InChI is InChI=1S/C15H13BrFN3S/c1-3-18-14-10-6-8(2)21-15(10)20-13(19-14)9-4-5-12(17)11(16)7-9/h4-7H,3H2,1-2H3,(H,18,19,20). The van der Waals surface area contributed by atoms with E-state index < -0.39 is 0 Å². The van der Waals surface area contributed by atoms with Gasteiger partial charge in [-0.1, -0.05) is 0 Å². The third kappa shape index (κ3) is 2.78. The smallest absolute Gasteiger partial charge is 0.163 e. The highest BCUT2D eigenvalue weighted by molar-refractivity contribution is 9.10. The summed E-state index contributed by atoms with van der Waals surface area (Å²) >= 11 is 4.83. The maximum absolute atomic E-state index is 13.4. The number of nitrogens with one attached hydrogen (secondary N) is 1. The lowest BCUT2D eigenvalue weighted by Crippen LogP contribution is -2.02. The summed E-state index contributed by atoms with van der Waals surface area (Å²) < 4.78 is 13.8. The number of hydrogen-bond donors (Lipinski definition) is 1. The van der Waals surface area contributed by atoms with Crippen molar-refractivity contribution in [1.29, 1.82) is 0 Å². The van der Waals surface area contributed by atoms with Crippen molar-refractivity contribution in [3.8, 4) is 11.4 Å². The molecule has 0 aliphatic carbocycles. The molecule has 3 nitrogen and oxygen atoms in total. The minimum Gasteiger partial charge on any atom is -0.370 e.